The van der Waals surface area contributed by atoms with Crippen molar-refractivity contribution in [2.45, 2.75) is 25.3 Å². The van der Waals surface area contributed by atoms with Crippen LogP contribution in [0.3, 0.4) is 0 Å². The van der Waals surface area contributed by atoms with E-state index in [-0.39, 0.29) is 4.92 Å². The van der Waals surface area contributed by atoms with E-state index < -0.39 is 0 Å². The molecule has 0 aromatic heterocycles. The molecule has 17 heavy (non-hydrogen) atoms. The minimum absolute atomic E-state index is 0.262. The minimum atomic E-state index is -0.262. The van der Waals surface area contributed by atoms with Crippen LogP contribution >= 0.6 is 0 Å². The molecule has 0 amide bonds. The maximum absolute atomic E-state index is 10.8. The van der Waals surface area contributed by atoms with Crippen LogP contribution in [0.15, 0.2) is 23.5 Å². The van der Waals surface area contributed by atoms with Gasteiger partial charge in [-0.3, -0.25) is 10.1 Å². The Kier molecular flexibility index (Phi) is 3.47. The predicted molar refractivity (Wildman–Crippen MR) is 66.1 cm³/mol. The van der Waals surface area contributed by atoms with Crippen LogP contribution in [0.25, 0.3) is 0 Å². The van der Waals surface area contributed by atoms with E-state index in [9.17, 15) is 10.1 Å². The van der Waals surface area contributed by atoms with E-state index in [2.05, 4.69) is 22.9 Å². The topological polar surface area (TPSA) is 49.6 Å². The normalized spacial score (nSPS) is 25.4. The summed E-state index contributed by atoms with van der Waals surface area (Å²) in [6.07, 6.45) is 6.28. The number of rotatable bonds is 3. The molecule has 2 aliphatic rings. The number of nitrogens with zero attached hydrogens (tertiary/aromatic N) is 3. The molecule has 5 nitrogen and oxygen atoms in total. The molecule has 0 aromatic rings. The molecule has 1 fully saturated rings. The Morgan fingerprint density at radius 3 is 2.94 bits per heavy atom. The van der Waals surface area contributed by atoms with Gasteiger partial charge in [-0.15, -0.1) is 0 Å². The van der Waals surface area contributed by atoms with Crippen LogP contribution in [0.5, 0.6) is 0 Å². The molecule has 0 bridgehead atoms. The van der Waals surface area contributed by atoms with Gasteiger partial charge >= 0.3 is 0 Å². The van der Waals surface area contributed by atoms with Crippen LogP contribution < -0.4 is 0 Å². The molecule has 0 spiro atoms. The van der Waals surface area contributed by atoms with E-state index in [0.29, 0.717) is 18.2 Å². The fraction of sp³-hybridized carbons (Fsp3) is 0.667. The molecule has 5 heteroatoms. The van der Waals surface area contributed by atoms with Gasteiger partial charge in [0.05, 0.1) is 4.92 Å². The van der Waals surface area contributed by atoms with E-state index in [0.717, 1.165) is 31.6 Å². The Labute approximate surface area is 102 Å². The monoisotopic (exact) mass is 237 g/mol. The van der Waals surface area contributed by atoms with Crippen LogP contribution in [0, 0.1) is 10.1 Å². The molecule has 1 atom stereocenters. The van der Waals surface area contributed by atoms with Crippen molar-refractivity contribution in [3.8, 4) is 0 Å². The summed E-state index contributed by atoms with van der Waals surface area (Å²) in [7, 11) is 4.15. The second-order valence-electron chi connectivity index (χ2n) is 4.88. The van der Waals surface area contributed by atoms with Gasteiger partial charge in [0, 0.05) is 37.8 Å². The maximum atomic E-state index is 10.8. The highest BCUT2D eigenvalue weighted by molar-refractivity contribution is 5.24. The van der Waals surface area contributed by atoms with Crippen molar-refractivity contribution in [1.82, 2.24) is 9.80 Å². The van der Waals surface area contributed by atoms with E-state index in [1.807, 2.05) is 7.05 Å². The summed E-state index contributed by atoms with van der Waals surface area (Å²) in [6, 6.07) is 0.480. The smallest absolute Gasteiger partial charge is 0.248 e. The number of hydrogen-bond donors (Lipinski definition) is 0. The molecule has 0 saturated carbocycles. The third kappa shape index (κ3) is 2.66. The van der Waals surface area contributed by atoms with Gasteiger partial charge in [0.2, 0.25) is 5.70 Å². The Hall–Kier alpha value is -1.36. The quantitative estimate of drug-likeness (QED) is 0.551. The second-order valence-corrected chi connectivity index (χ2v) is 4.88. The van der Waals surface area contributed by atoms with Gasteiger partial charge in [-0.2, -0.15) is 0 Å². The molecule has 0 aromatic carbocycles. The first kappa shape index (κ1) is 12.1. The Balaban J connectivity index is 2.07. The molecule has 0 N–H and O–H groups in total. The van der Waals surface area contributed by atoms with Gasteiger partial charge < -0.3 is 9.80 Å². The average Bonchev–Trinajstić information content (AvgIpc) is 2.75. The Bertz CT molecular complexity index is 376. The zero-order valence-electron chi connectivity index (χ0n) is 10.4. The molecule has 1 saturated heterocycles. The number of likely N-dealkylation sites (tertiary alicyclic amines) is 1. The van der Waals surface area contributed by atoms with Crippen LogP contribution in [0.2, 0.25) is 0 Å². The highest BCUT2D eigenvalue weighted by atomic mass is 16.6. The second kappa shape index (κ2) is 4.87. The first-order valence-corrected chi connectivity index (χ1v) is 6.04. The Morgan fingerprint density at radius 2 is 2.35 bits per heavy atom. The van der Waals surface area contributed by atoms with Crippen molar-refractivity contribution in [2.75, 3.05) is 27.2 Å². The number of likely N-dealkylation sites (N-methyl/N-ethyl adjacent to an activating group) is 2. The van der Waals surface area contributed by atoms with Crippen molar-refractivity contribution >= 4 is 0 Å². The molecular weight excluding hydrogens is 218 g/mol. The first-order valence-electron chi connectivity index (χ1n) is 6.04. The maximum Gasteiger partial charge on any atom is 0.248 e. The van der Waals surface area contributed by atoms with Crippen molar-refractivity contribution < 1.29 is 4.92 Å². The predicted octanol–water partition coefficient (Wildman–Crippen LogP) is 1.46. The zero-order chi connectivity index (χ0) is 12.4. The van der Waals surface area contributed by atoms with E-state index >= 15 is 0 Å². The van der Waals surface area contributed by atoms with Crippen molar-refractivity contribution in [3.05, 3.63) is 33.7 Å². The van der Waals surface area contributed by atoms with Crippen LogP contribution in [-0.2, 0) is 0 Å². The molecule has 1 heterocycles. The molecule has 1 aliphatic carbocycles. The summed E-state index contributed by atoms with van der Waals surface area (Å²) in [4.78, 5) is 15.0. The van der Waals surface area contributed by atoms with Crippen LogP contribution in [0.1, 0.15) is 19.3 Å². The molecule has 2 rings (SSSR count). The van der Waals surface area contributed by atoms with Gasteiger partial charge in [0.1, 0.15) is 0 Å². The van der Waals surface area contributed by atoms with Gasteiger partial charge in [-0.25, -0.2) is 0 Å². The third-order valence-electron chi connectivity index (χ3n) is 3.62. The van der Waals surface area contributed by atoms with Crippen LogP contribution in [0.4, 0.5) is 0 Å². The van der Waals surface area contributed by atoms with Crippen molar-refractivity contribution in [1.29, 1.82) is 0 Å². The summed E-state index contributed by atoms with van der Waals surface area (Å²) in [5.74, 6) is 0. The van der Waals surface area contributed by atoms with Crippen LogP contribution in [-0.4, -0.2) is 47.9 Å². The summed E-state index contributed by atoms with van der Waals surface area (Å²) in [5, 5.41) is 10.8. The van der Waals surface area contributed by atoms with Gasteiger partial charge in [-0.05, 0) is 26.4 Å². The lowest BCUT2D eigenvalue weighted by molar-refractivity contribution is -0.428. The largest absolute Gasteiger partial charge is 0.370 e. The summed E-state index contributed by atoms with van der Waals surface area (Å²) in [6.45, 7) is 2.14. The van der Waals surface area contributed by atoms with Crippen molar-refractivity contribution in [2.24, 2.45) is 0 Å². The lowest BCUT2D eigenvalue weighted by atomic mass is 10.1. The van der Waals surface area contributed by atoms with Gasteiger partial charge in [0.15, 0.2) is 0 Å². The van der Waals surface area contributed by atoms with E-state index in [1.54, 1.807) is 6.08 Å². The average molecular weight is 237 g/mol. The fourth-order valence-electron chi connectivity index (χ4n) is 2.50. The minimum Gasteiger partial charge on any atom is -0.370 e. The molecule has 1 unspecified atom stereocenters. The Morgan fingerprint density at radius 1 is 1.59 bits per heavy atom. The van der Waals surface area contributed by atoms with Crippen molar-refractivity contribution in [3.63, 3.8) is 0 Å². The molecule has 94 valence electrons. The number of hydrogen-bond acceptors (Lipinski definition) is 4. The summed E-state index contributed by atoms with van der Waals surface area (Å²) >= 11 is 0. The SMILES string of the molecule is CN1CCC(N(C)C2=CCCC([N+](=O)[O-])=C2)C1. The first-order chi connectivity index (χ1) is 8.08. The molecular formula is C12H19N3O2. The lowest BCUT2D eigenvalue weighted by Crippen LogP contribution is -2.33. The molecule has 0 radical (unpaired) electrons. The highest BCUT2D eigenvalue weighted by Crippen LogP contribution is 2.23. The summed E-state index contributed by atoms with van der Waals surface area (Å²) < 4.78 is 0. The van der Waals surface area contributed by atoms with E-state index in [1.165, 1.54) is 0 Å². The van der Waals surface area contributed by atoms with Gasteiger partial charge in [-0.1, -0.05) is 6.08 Å². The lowest BCUT2D eigenvalue weighted by Gasteiger charge is -2.28. The molecule has 1 aliphatic heterocycles. The standard InChI is InChI=1S/C12H19N3O2/c1-13-7-6-12(9-13)14(2)10-4-3-5-11(8-10)15(16)17/h4,8,12H,3,5-7,9H2,1-2H3. The number of nitro groups is 1. The highest BCUT2D eigenvalue weighted by Gasteiger charge is 2.26. The fourth-order valence-corrected chi connectivity index (χ4v) is 2.50. The summed E-state index contributed by atoms with van der Waals surface area (Å²) in [5.41, 5.74) is 1.34. The third-order valence-corrected chi connectivity index (χ3v) is 3.62. The van der Waals surface area contributed by atoms with E-state index in [4.69, 9.17) is 0 Å². The zero-order valence-corrected chi connectivity index (χ0v) is 10.4. The number of allylic oxidation sites excluding steroid dienone is 3. The van der Waals surface area contributed by atoms with Gasteiger partial charge in [0.25, 0.3) is 0 Å².